The van der Waals surface area contributed by atoms with Crippen LogP contribution in [0.4, 0.5) is 0 Å². The van der Waals surface area contributed by atoms with Gasteiger partial charge in [0.05, 0.1) is 17.4 Å². The van der Waals surface area contributed by atoms with E-state index in [2.05, 4.69) is 85.0 Å². The monoisotopic (exact) mass is 309 g/mol. The second-order valence-electron chi connectivity index (χ2n) is 7.23. The third-order valence-corrected chi connectivity index (χ3v) is 6.32. The van der Waals surface area contributed by atoms with Crippen LogP contribution in [0.5, 0.6) is 0 Å². The molecule has 3 aliphatic carbocycles. The third kappa shape index (κ3) is 1.59. The van der Waals surface area contributed by atoms with E-state index in [1.165, 1.54) is 16.7 Å². The Kier molecular flexibility index (Phi) is 2.85. The van der Waals surface area contributed by atoms with Gasteiger partial charge in [-0.25, -0.2) is 0 Å². The predicted octanol–water partition coefficient (Wildman–Crippen LogP) is 4.87. The highest BCUT2D eigenvalue weighted by molar-refractivity contribution is 5.57. The topological polar surface area (TPSA) is 23.8 Å². The molecule has 2 aromatic rings. The number of hydrogen-bond donors (Lipinski definition) is 0. The molecule has 0 amide bonds. The lowest BCUT2D eigenvalue weighted by Crippen LogP contribution is -2.33. The number of nitrogens with zero attached hydrogens (tertiary/aromatic N) is 1. The summed E-state index contributed by atoms with van der Waals surface area (Å²) in [5.41, 5.74) is 3.71. The Balaban J connectivity index is 1.80. The van der Waals surface area contributed by atoms with Gasteiger partial charge >= 0.3 is 0 Å². The lowest BCUT2D eigenvalue weighted by Gasteiger charge is -2.35. The van der Waals surface area contributed by atoms with E-state index in [0.29, 0.717) is 17.8 Å². The summed E-state index contributed by atoms with van der Waals surface area (Å²) in [7, 11) is 0. The van der Waals surface area contributed by atoms with Crippen molar-refractivity contribution in [3.8, 4) is 6.07 Å². The van der Waals surface area contributed by atoms with Crippen molar-refractivity contribution in [3.63, 3.8) is 0 Å². The van der Waals surface area contributed by atoms with E-state index in [9.17, 15) is 5.26 Å². The molecule has 1 fully saturated rings. The number of rotatable bonds is 2. The molecule has 5 rings (SSSR count). The molecular formula is C23H19N. The van der Waals surface area contributed by atoms with E-state index in [1.54, 1.807) is 0 Å². The van der Waals surface area contributed by atoms with Gasteiger partial charge in [0.2, 0.25) is 0 Å². The van der Waals surface area contributed by atoms with Crippen LogP contribution in [0.1, 0.15) is 17.5 Å². The normalized spacial score (nSPS) is 31.5. The molecule has 1 heteroatoms. The summed E-state index contributed by atoms with van der Waals surface area (Å²) in [6.45, 7) is 0. The third-order valence-electron chi connectivity index (χ3n) is 6.32. The first-order valence-electron chi connectivity index (χ1n) is 8.77. The molecule has 0 bridgehead atoms. The molecule has 0 radical (unpaired) electrons. The van der Waals surface area contributed by atoms with Crippen LogP contribution in [0.3, 0.4) is 0 Å². The first kappa shape index (κ1) is 13.8. The van der Waals surface area contributed by atoms with E-state index in [1.807, 2.05) is 0 Å². The van der Waals surface area contributed by atoms with Crippen molar-refractivity contribution < 1.29 is 0 Å². The minimum absolute atomic E-state index is 0.00602. The van der Waals surface area contributed by atoms with Crippen LogP contribution >= 0.6 is 0 Å². The van der Waals surface area contributed by atoms with Crippen LogP contribution in [0, 0.1) is 35.0 Å². The molecule has 0 heterocycles. The van der Waals surface area contributed by atoms with Crippen LogP contribution in [0.25, 0.3) is 0 Å². The van der Waals surface area contributed by atoms with Crippen molar-refractivity contribution in [2.75, 3.05) is 0 Å². The fourth-order valence-corrected chi connectivity index (χ4v) is 5.27. The maximum atomic E-state index is 10.1. The maximum Gasteiger partial charge on any atom is 0.0672 e. The van der Waals surface area contributed by atoms with Crippen LogP contribution < -0.4 is 0 Å². The molecule has 0 unspecified atom stereocenters. The highest BCUT2D eigenvalue weighted by atomic mass is 14.6. The van der Waals surface area contributed by atoms with E-state index in [0.717, 1.165) is 6.42 Å². The van der Waals surface area contributed by atoms with E-state index < -0.39 is 0 Å². The predicted molar refractivity (Wildman–Crippen MR) is 95.1 cm³/mol. The van der Waals surface area contributed by atoms with Crippen molar-refractivity contribution >= 4 is 0 Å². The molecular weight excluding hydrogens is 290 g/mol. The summed E-state index contributed by atoms with van der Waals surface area (Å²) in [5, 5.41) is 10.1. The average molecular weight is 309 g/mol. The maximum absolute atomic E-state index is 10.1. The van der Waals surface area contributed by atoms with Gasteiger partial charge in [-0.3, -0.25) is 0 Å². The fourth-order valence-electron chi connectivity index (χ4n) is 5.27. The molecule has 0 N–H and O–H groups in total. The quantitative estimate of drug-likeness (QED) is 0.726. The zero-order chi connectivity index (χ0) is 16.1. The number of fused-ring (bicyclic) bond motifs is 3. The second-order valence-corrected chi connectivity index (χ2v) is 7.23. The fraction of sp³-hybridized carbons (Fsp3) is 0.261. The zero-order valence-electron chi connectivity index (χ0n) is 13.5. The molecule has 24 heavy (non-hydrogen) atoms. The van der Waals surface area contributed by atoms with E-state index >= 15 is 0 Å². The highest BCUT2D eigenvalue weighted by Crippen LogP contribution is 2.63. The Morgan fingerprint density at radius 1 is 0.875 bits per heavy atom. The summed E-state index contributed by atoms with van der Waals surface area (Å²) in [5.74, 6) is 1.71. The summed E-state index contributed by atoms with van der Waals surface area (Å²) in [6, 6.07) is 24.0. The van der Waals surface area contributed by atoms with Crippen molar-refractivity contribution in [1.82, 2.24) is 0 Å². The van der Waals surface area contributed by atoms with Gasteiger partial charge in [-0.2, -0.15) is 5.26 Å². The molecule has 0 saturated heterocycles. The van der Waals surface area contributed by atoms with Gasteiger partial charge in [0.1, 0.15) is 0 Å². The molecule has 1 nitrogen and oxygen atoms in total. The largest absolute Gasteiger partial charge is 0.198 e. The van der Waals surface area contributed by atoms with Gasteiger partial charge in [-0.15, -0.1) is 0 Å². The number of nitriles is 1. The lowest BCUT2D eigenvalue weighted by molar-refractivity contribution is 0.388. The molecule has 0 aliphatic heterocycles. The van der Waals surface area contributed by atoms with Crippen molar-refractivity contribution in [3.05, 3.63) is 95.6 Å². The van der Waals surface area contributed by atoms with Gasteiger partial charge in [0.25, 0.3) is 0 Å². The lowest BCUT2D eigenvalue weighted by atomic mass is 9.65. The SMILES string of the molecule is N#C[C@H]1C[C@H]2C(=C[C@@H]3C=C[C@@H]32)C1(c1ccccc1)c1ccccc1. The first-order valence-corrected chi connectivity index (χ1v) is 8.77. The Hall–Kier alpha value is -2.59. The second kappa shape index (κ2) is 4.95. The van der Waals surface area contributed by atoms with Crippen LogP contribution in [-0.2, 0) is 5.41 Å². The molecule has 4 atom stereocenters. The van der Waals surface area contributed by atoms with Gasteiger partial charge in [-0.05, 0) is 29.4 Å². The number of hydrogen-bond acceptors (Lipinski definition) is 1. The molecule has 0 spiro atoms. The Bertz CT molecular complexity index is 830. The highest BCUT2D eigenvalue weighted by Gasteiger charge is 2.58. The van der Waals surface area contributed by atoms with Gasteiger partial charge < -0.3 is 0 Å². The van der Waals surface area contributed by atoms with Gasteiger partial charge in [0, 0.05) is 5.92 Å². The van der Waals surface area contributed by atoms with Crippen molar-refractivity contribution in [1.29, 1.82) is 5.26 Å². The van der Waals surface area contributed by atoms with Gasteiger partial charge in [0.15, 0.2) is 0 Å². The molecule has 3 aliphatic rings. The minimum atomic E-state index is -0.291. The van der Waals surface area contributed by atoms with E-state index in [-0.39, 0.29) is 11.3 Å². The Morgan fingerprint density at radius 3 is 2.00 bits per heavy atom. The average Bonchev–Trinajstić information content (AvgIpc) is 3.06. The molecule has 116 valence electrons. The Morgan fingerprint density at radius 2 is 1.50 bits per heavy atom. The van der Waals surface area contributed by atoms with Gasteiger partial charge in [-0.1, -0.05) is 84.5 Å². The number of benzene rings is 2. The summed E-state index contributed by atoms with van der Waals surface area (Å²) in [4.78, 5) is 0. The van der Waals surface area contributed by atoms with Crippen LogP contribution in [0.2, 0.25) is 0 Å². The van der Waals surface area contributed by atoms with Crippen molar-refractivity contribution in [2.24, 2.45) is 23.7 Å². The summed E-state index contributed by atoms with van der Waals surface area (Å²) >= 11 is 0. The summed E-state index contributed by atoms with van der Waals surface area (Å²) < 4.78 is 0. The first-order chi connectivity index (χ1) is 11.9. The molecule has 2 aromatic carbocycles. The van der Waals surface area contributed by atoms with Crippen molar-refractivity contribution in [2.45, 2.75) is 11.8 Å². The van der Waals surface area contributed by atoms with E-state index in [4.69, 9.17) is 0 Å². The molecule has 0 aromatic heterocycles. The van der Waals surface area contributed by atoms with Crippen LogP contribution in [0.15, 0.2) is 84.5 Å². The minimum Gasteiger partial charge on any atom is -0.198 e. The zero-order valence-corrected chi connectivity index (χ0v) is 13.5. The van der Waals surface area contributed by atoms with Crippen LogP contribution in [-0.4, -0.2) is 0 Å². The number of allylic oxidation sites excluding steroid dienone is 4. The summed E-state index contributed by atoms with van der Waals surface area (Å²) in [6.07, 6.45) is 8.10. The molecule has 1 saturated carbocycles. The Labute approximate surface area is 142 Å². The smallest absolute Gasteiger partial charge is 0.0672 e. The standard InChI is InChI=1S/C23H19N/c24-15-19-14-21-20-12-11-16(20)13-22(21)23(19,17-7-3-1-4-8-17)18-9-5-2-6-10-18/h1-13,16,19-21H,14H2/t16-,19+,20-,21+/m0/s1.